The minimum atomic E-state index is 0.362. The molecule has 2 rings (SSSR count). The van der Waals surface area contributed by atoms with E-state index in [-0.39, 0.29) is 0 Å². The summed E-state index contributed by atoms with van der Waals surface area (Å²) in [6, 6.07) is 15.2. The van der Waals surface area contributed by atoms with E-state index in [0.29, 0.717) is 12.5 Å². The summed E-state index contributed by atoms with van der Waals surface area (Å²) in [6.07, 6.45) is 3.23. The SMILES string of the molecule is CCCCOc1ccc(CC(CN)c2cc(C)cc(C)c2)cc1. The van der Waals surface area contributed by atoms with Crippen molar-refractivity contribution >= 4 is 0 Å². The van der Waals surface area contributed by atoms with E-state index < -0.39 is 0 Å². The Hall–Kier alpha value is -1.80. The molecule has 1 atom stereocenters. The maximum Gasteiger partial charge on any atom is 0.119 e. The van der Waals surface area contributed by atoms with Gasteiger partial charge in [-0.05, 0) is 56.5 Å². The van der Waals surface area contributed by atoms with Gasteiger partial charge in [0.2, 0.25) is 0 Å². The van der Waals surface area contributed by atoms with Crippen LogP contribution in [0.1, 0.15) is 47.9 Å². The van der Waals surface area contributed by atoms with Gasteiger partial charge in [0.1, 0.15) is 5.75 Å². The van der Waals surface area contributed by atoms with Gasteiger partial charge in [0.05, 0.1) is 6.61 Å². The van der Waals surface area contributed by atoms with E-state index in [4.69, 9.17) is 10.5 Å². The van der Waals surface area contributed by atoms with Gasteiger partial charge in [-0.1, -0.05) is 54.8 Å². The Morgan fingerprint density at radius 2 is 1.65 bits per heavy atom. The maximum atomic E-state index is 6.04. The fraction of sp³-hybridized carbons (Fsp3) is 0.429. The first-order chi connectivity index (χ1) is 11.1. The van der Waals surface area contributed by atoms with Crippen molar-refractivity contribution in [3.63, 3.8) is 0 Å². The zero-order valence-corrected chi connectivity index (χ0v) is 14.6. The molecule has 2 aromatic rings. The highest BCUT2D eigenvalue weighted by atomic mass is 16.5. The summed E-state index contributed by atoms with van der Waals surface area (Å²) >= 11 is 0. The van der Waals surface area contributed by atoms with Crippen LogP contribution in [0.4, 0.5) is 0 Å². The molecule has 2 aromatic carbocycles. The fourth-order valence-electron chi connectivity index (χ4n) is 2.92. The van der Waals surface area contributed by atoms with Crippen molar-refractivity contribution < 1.29 is 4.74 Å². The molecule has 0 aliphatic rings. The Labute approximate surface area is 140 Å². The Balaban J connectivity index is 2.03. The summed E-state index contributed by atoms with van der Waals surface area (Å²) in [4.78, 5) is 0. The zero-order chi connectivity index (χ0) is 16.7. The molecule has 0 radical (unpaired) electrons. The molecule has 0 saturated carbocycles. The molecule has 124 valence electrons. The summed E-state index contributed by atoms with van der Waals surface area (Å²) < 4.78 is 5.72. The van der Waals surface area contributed by atoms with Gasteiger partial charge >= 0.3 is 0 Å². The van der Waals surface area contributed by atoms with Crippen molar-refractivity contribution in [2.75, 3.05) is 13.2 Å². The molecule has 0 aliphatic heterocycles. The molecule has 23 heavy (non-hydrogen) atoms. The molecular formula is C21H29NO. The molecule has 0 saturated heterocycles. The van der Waals surface area contributed by atoms with Crippen LogP contribution < -0.4 is 10.5 Å². The van der Waals surface area contributed by atoms with E-state index in [2.05, 4.69) is 63.2 Å². The van der Waals surface area contributed by atoms with Gasteiger partial charge in [0.25, 0.3) is 0 Å². The Morgan fingerprint density at radius 1 is 1.00 bits per heavy atom. The zero-order valence-electron chi connectivity index (χ0n) is 14.6. The number of aryl methyl sites for hydroxylation is 2. The van der Waals surface area contributed by atoms with Crippen molar-refractivity contribution in [2.24, 2.45) is 5.73 Å². The maximum absolute atomic E-state index is 6.04. The van der Waals surface area contributed by atoms with Crippen LogP contribution in [0.5, 0.6) is 5.75 Å². The van der Waals surface area contributed by atoms with Gasteiger partial charge in [0.15, 0.2) is 0 Å². The smallest absolute Gasteiger partial charge is 0.119 e. The van der Waals surface area contributed by atoms with Gasteiger partial charge in [-0.15, -0.1) is 0 Å². The standard InChI is InChI=1S/C21H29NO/c1-4-5-10-23-21-8-6-18(7-9-21)14-20(15-22)19-12-16(2)11-17(3)13-19/h6-9,11-13,20H,4-5,10,14-15,22H2,1-3H3. The predicted molar refractivity (Wildman–Crippen MR) is 98.3 cm³/mol. The highest BCUT2D eigenvalue weighted by Gasteiger charge is 2.12. The largest absolute Gasteiger partial charge is 0.494 e. The molecular weight excluding hydrogens is 282 g/mol. The molecule has 2 heteroatoms. The third-order valence-electron chi connectivity index (χ3n) is 4.17. The van der Waals surface area contributed by atoms with Gasteiger partial charge in [-0.3, -0.25) is 0 Å². The molecule has 0 aliphatic carbocycles. The summed E-state index contributed by atoms with van der Waals surface area (Å²) in [5.41, 5.74) is 11.3. The van der Waals surface area contributed by atoms with Gasteiger partial charge in [-0.25, -0.2) is 0 Å². The molecule has 0 amide bonds. The number of hydrogen-bond acceptors (Lipinski definition) is 2. The minimum absolute atomic E-state index is 0.362. The topological polar surface area (TPSA) is 35.2 Å². The fourth-order valence-corrected chi connectivity index (χ4v) is 2.92. The van der Waals surface area contributed by atoms with Crippen LogP contribution in [0.25, 0.3) is 0 Å². The number of hydrogen-bond donors (Lipinski definition) is 1. The van der Waals surface area contributed by atoms with Crippen molar-refractivity contribution in [3.8, 4) is 5.75 Å². The second-order valence-electron chi connectivity index (χ2n) is 6.40. The van der Waals surface area contributed by atoms with E-state index >= 15 is 0 Å². The van der Waals surface area contributed by atoms with Crippen LogP contribution in [0.2, 0.25) is 0 Å². The van der Waals surface area contributed by atoms with E-state index in [1.165, 1.54) is 22.3 Å². The minimum Gasteiger partial charge on any atom is -0.494 e. The number of rotatable bonds is 8. The molecule has 1 unspecified atom stereocenters. The first-order valence-corrected chi connectivity index (χ1v) is 8.62. The monoisotopic (exact) mass is 311 g/mol. The van der Waals surface area contributed by atoms with Crippen molar-refractivity contribution in [1.82, 2.24) is 0 Å². The van der Waals surface area contributed by atoms with Crippen molar-refractivity contribution in [3.05, 3.63) is 64.7 Å². The highest BCUT2D eigenvalue weighted by Crippen LogP contribution is 2.23. The Kier molecular flexibility index (Phi) is 6.66. The van der Waals surface area contributed by atoms with Crippen LogP contribution in [0.3, 0.4) is 0 Å². The van der Waals surface area contributed by atoms with E-state index in [1.54, 1.807) is 0 Å². The van der Waals surface area contributed by atoms with Crippen molar-refractivity contribution in [1.29, 1.82) is 0 Å². The summed E-state index contributed by atoms with van der Waals surface area (Å²) in [6.45, 7) is 7.92. The Morgan fingerprint density at radius 3 is 2.22 bits per heavy atom. The average Bonchev–Trinajstić information content (AvgIpc) is 2.53. The second kappa shape index (κ2) is 8.73. The number of unbranched alkanes of at least 4 members (excludes halogenated alkanes) is 1. The molecule has 0 bridgehead atoms. The molecule has 0 heterocycles. The lowest BCUT2D eigenvalue weighted by molar-refractivity contribution is 0.309. The summed E-state index contributed by atoms with van der Waals surface area (Å²) in [5.74, 6) is 1.32. The summed E-state index contributed by atoms with van der Waals surface area (Å²) in [5, 5.41) is 0. The number of nitrogens with two attached hydrogens (primary N) is 1. The molecule has 2 nitrogen and oxygen atoms in total. The normalized spacial score (nSPS) is 12.2. The van der Waals surface area contributed by atoms with Crippen LogP contribution in [-0.2, 0) is 6.42 Å². The molecule has 0 fully saturated rings. The quantitative estimate of drug-likeness (QED) is 0.713. The third kappa shape index (κ3) is 5.40. The van der Waals surface area contributed by atoms with Gasteiger partial charge < -0.3 is 10.5 Å². The van der Waals surface area contributed by atoms with Crippen LogP contribution in [0, 0.1) is 13.8 Å². The van der Waals surface area contributed by atoms with Gasteiger partial charge in [-0.2, -0.15) is 0 Å². The van der Waals surface area contributed by atoms with E-state index in [1.807, 2.05) is 0 Å². The first kappa shape index (κ1) is 17.6. The number of benzene rings is 2. The number of ether oxygens (including phenoxy) is 1. The first-order valence-electron chi connectivity index (χ1n) is 8.62. The lowest BCUT2D eigenvalue weighted by atomic mass is 9.90. The van der Waals surface area contributed by atoms with Crippen LogP contribution >= 0.6 is 0 Å². The van der Waals surface area contributed by atoms with Crippen molar-refractivity contribution in [2.45, 2.75) is 46.0 Å². The lowest BCUT2D eigenvalue weighted by Crippen LogP contribution is -2.15. The predicted octanol–water partition coefficient (Wildman–Crippen LogP) is 4.77. The van der Waals surface area contributed by atoms with Gasteiger partial charge in [0, 0.05) is 5.92 Å². The lowest BCUT2D eigenvalue weighted by Gasteiger charge is -2.17. The van der Waals surface area contributed by atoms with E-state index in [0.717, 1.165) is 31.6 Å². The average molecular weight is 311 g/mol. The van der Waals surface area contributed by atoms with Crippen LogP contribution in [-0.4, -0.2) is 13.2 Å². The van der Waals surface area contributed by atoms with E-state index in [9.17, 15) is 0 Å². The van der Waals surface area contributed by atoms with Crippen LogP contribution in [0.15, 0.2) is 42.5 Å². The summed E-state index contributed by atoms with van der Waals surface area (Å²) in [7, 11) is 0. The third-order valence-corrected chi connectivity index (χ3v) is 4.17. The molecule has 2 N–H and O–H groups in total. The molecule has 0 spiro atoms. The Bertz CT molecular complexity index is 583. The molecule has 0 aromatic heterocycles. The highest BCUT2D eigenvalue weighted by molar-refractivity contribution is 5.34. The second-order valence-corrected chi connectivity index (χ2v) is 6.40.